The maximum atomic E-state index is 10.2. The van der Waals surface area contributed by atoms with Gasteiger partial charge in [-0.05, 0) is 19.3 Å². The number of unbranched alkanes of at least 4 members (excludes halogenated alkanes) is 3. The summed E-state index contributed by atoms with van der Waals surface area (Å²) in [6.07, 6.45) is 4.99. The van der Waals surface area contributed by atoms with Crippen LogP contribution in [0.1, 0.15) is 51.4 Å². The van der Waals surface area contributed by atoms with Gasteiger partial charge in [0.15, 0.2) is 0 Å². The van der Waals surface area contributed by atoms with Crippen LogP contribution in [0.3, 0.4) is 0 Å². The summed E-state index contributed by atoms with van der Waals surface area (Å²) >= 11 is 0. The first-order valence-electron chi connectivity index (χ1n) is 6.47. The zero-order valence-corrected chi connectivity index (χ0v) is 11.2. The second-order valence-electron chi connectivity index (χ2n) is 3.84. The van der Waals surface area contributed by atoms with Gasteiger partial charge >= 0.3 is 5.97 Å². The maximum Gasteiger partial charge on any atom is 0.303 e. The van der Waals surface area contributed by atoms with Gasteiger partial charge in [-0.1, -0.05) is 23.7 Å². The Kier molecular flexibility index (Phi) is 12.8. The molecule has 0 radical (unpaired) electrons. The number of aliphatic hydroxyl groups is 1. The van der Waals surface area contributed by atoms with Crippen molar-refractivity contribution in [1.82, 2.24) is 0 Å². The lowest BCUT2D eigenvalue weighted by atomic mass is 10.2. The van der Waals surface area contributed by atoms with Gasteiger partial charge in [0.1, 0.15) is 0 Å². The minimum atomic E-state index is -0.779. The molecule has 0 bridgehead atoms. The van der Waals surface area contributed by atoms with Crippen molar-refractivity contribution in [3.8, 4) is 35.5 Å². The molecule has 0 rings (SSSR count). The standard InChI is InChI=1S/C16H20O3/c17-15-13-11-9-7-5-3-1-2-4-6-8-10-12-14-16(18)19/h17H,3-4,9-15H2,(H,18,19). The highest BCUT2D eigenvalue weighted by Crippen LogP contribution is 1.93. The molecule has 2 N–H and O–H groups in total. The van der Waals surface area contributed by atoms with Crippen LogP contribution >= 0.6 is 0 Å². The Morgan fingerprint density at radius 1 is 0.789 bits per heavy atom. The summed E-state index contributed by atoms with van der Waals surface area (Å²) in [4.78, 5) is 10.2. The third kappa shape index (κ3) is 16.1. The van der Waals surface area contributed by atoms with E-state index in [-0.39, 0.29) is 13.0 Å². The van der Waals surface area contributed by atoms with Gasteiger partial charge in [-0.15, -0.1) is 11.8 Å². The number of aliphatic hydroxyl groups excluding tert-OH is 1. The molecular formula is C16H20O3. The number of hydrogen-bond donors (Lipinski definition) is 2. The lowest BCUT2D eigenvalue weighted by Crippen LogP contribution is -1.92. The van der Waals surface area contributed by atoms with Crippen LogP contribution in [0.15, 0.2) is 0 Å². The summed E-state index contributed by atoms with van der Waals surface area (Å²) in [5, 5.41) is 17.0. The fourth-order valence-corrected chi connectivity index (χ4v) is 1.17. The second kappa shape index (κ2) is 14.2. The molecule has 0 fully saturated rings. The molecular weight excluding hydrogens is 240 g/mol. The van der Waals surface area contributed by atoms with Gasteiger partial charge in [0.2, 0.25) is 0 Å². The van der Waals surface area contributed by atoms with E-state index in [0.29, 0.717) is 25.7 Å². The minimum Gasteiger partial charge on any atom is -0.481 e. The Morgan fingerprint density at radius 2 is 1.32 bits per heavy atom. The predicted octanol–water partition coefficient (Wildman–Crippen LogP) is 2.19. The van der Waals surface area contributed by atoms with Crippen LogP contribution in [-0.4, -0.2) is 22.8 Å². The SMILES string of the molecule is O=C(O)CCCC#CCC#CCC#CCCCCO. The van der Waals surface area contributed by atoms with E-state index in [1.165, 1.54) is 0 Å². The van der Waals surface area contributed by atoms with Crippen molar-refractivity contribution in [2.75, 3.05) is 6.61 Å². The summed E-state index contributed by atoms with van der Waals surface area (Å²) in [6, 6.07) is 0. The summed E-state index contributed by atoms with van der Waals surface area (Å²) in [5.41, 5.74) is 0. The summed E-state index contributed by atoms with van der Waals surface area (Å²) in [6.45, 7) is 0.229. The van der Waals surface area contributed by atoms with Gasteiger partial charge in [0.25, 0.3) is 0 Å². The first-order chi connectivity index (χ1) is 9.27. The first-order valence-corrected chi connectivity index (χ1v) is 6.47. The molecule has 0 unspecified atom stereocenters. The number of aliphatic carboxylic acids is 1. The van der Waals surface area contributed by atoms with E-state index in [4.69, 9.17) is 10.2 Å². The van der Waals surface area contributed by atoms with Crippen molar-refractivity contribution < 1.29 is 15.0 Å². The molecule has 0 spiro atoms. The van der Waals surface area contributed by atoms with E-state index in [2.05, 4.69) is 35.5 Å². The van der Waals surface area contributed by atoms with Crippen LogP contribution in [0.5, 0.6) is 0 Å². The third-order valence-corrected chi connectivity index (χ3v) is 2.13. The van der Waals surface area contributed by atoms with Crippen LogP contribution in [0.2, 0.25) is 0 Å². The highest BCUT2D eigenvalue weighted by Gasteiger charge is 1.92. The smallest absolute Gasteiger partial charge is 0.303 e. The fourth-order valence-electron chi connectivity index (χ4n) is 1.17. The van der Waals surface area contributed by atoms with Crippen molar-refractivity contribution in [2.24, 2.45) is 0 Å². The molecule has 0 atom stereocenters. The van der Waals surface area contributed by atoms with Crippen molar-refractivity contribution in [3.05, 3.63) is 0 Å². The lowest BCUT2D eigenvalue weighted by molar-refractivity contribution is -0.137. The summed E-state index contributed by atoms with van der Waals surface area (Å²) < 4.78 is 0. The molecule has 3 heteroatoms. The highest BCUT2D eigenvalue weighted by molar-refractivity contribution is 5.66. The fraction of sp³-hybridized carbons (Fsp3) is 0.562. The van der Waals surface area contributed by atoms with Gasteiger partial charge in [-0.3, -0.25) is 4.79 Å². The largest absolute Gasteiger partial charge is 0.481 e. The molecule has 102 valence electrons. The molecule has 0 aromatic heterocycles. The summed E-state index contributed by atoms with van der Waals surface area (Å²) in [5.74, 6) is 16.8. The van der Waals surface area contributed by atoms with E-state index in [1.54, 1.807) is 0 Å². The van der Waals surface area contributed by atoms with Crippen LogP contribution in [-0.2, 0) is 4.79 Å². The van der Waals surface area contributed by atoms with Crippen molar-refractivity contribution >= 4 is 5.97 Å². The monoisotopic (exact) mass is 260 g/mol. The Morgan fingerprint density at radius 3 is 1.84 bits per heavy atom. The topological polar surface area (TPSA) is 57.5 Å². The average Bonchev–Trinajstić information content (AvgIpc) is 2.39. The average molecular weight is 260 g/mol. The predicted molar refractivity (Wildman–Crippen MR) is 75.0 cm³/mol. The molecule has 0 heterocycles. The van der Waals surface area contributed by atoms with Crippen molar-refractivity contribution in [3.63, 3.8) is 0 Å². The lowest BCUT2D eigenvalue weighted by Gasteiger charge is -1.87. The second-order valence-corrected chi connectivity index (χ2v) is 3.84. The molecule has 0 saturated carbocycles. The number of carbonyl (C=O) groups is 1. The van der Waals surface area contributed by atoms with Gasteiger partial charge in [-0.2, -0.15) is 0 Å². The maximum absolute atomic E-state index is 10.2. The normalized spacial score (nSPS) is 8.26. The van der Waals surface area contributed by atoms with E-state index >= 15 is 0 Å². The quantitative estimate of drug-likeness (QED) is 0.568. The van der Waals surface area contributed by atoms with Gasteiger partial charge in [0.05, 0.1) is 12.8 Å². The number of carboxylic acid groups (broad SMARTS) is 1. The zero-order chi connectivity index (χ0) is 14.2. The Balaban J connectivity index is 3.49. The van der Waals surface area contributed by atoms with Gasteiger partial charge < -0.3 is 10.2 Å². The Labute approximate surface area is 115 Å². The molecule has 0 aromatic rings. The molecule has 0 aliphatic rings. The van der Waals surface area contributed by atoms with Crippen LogP contribution < -0.4 is 0 Å². The molecule has 0 amide bonds. The van der Waals surface area contributed by atoms with Crippen LogP contribution in [0.25, 0.3) is 0 Å². The van der Waals surface area contributed by atoms with Crippen LogP contribution in [0.4, 0.5) is 0 Å². The first kappa shape index (κ1) is 17.1. The number of carboxylic acids is 1. The Hall–Kier alpha value is -1.89. The van der Waals surface area contributed by atoms with Crippen molar-refractivity contribution in [1.29, 1.82) is 0 Å². The van der Waals surface area contributed by atoms with Crippen LogP contribution in [0, 0.1) is 35.5 Å². The third-order valence-electron chi connectivity index (χ3n) is 2.13. The number of hydrogen-bond acceptors (Lipinski definition) is 2. The van der Waals surface area contributed by atoms with E-state index < -0.39 is 5.97 Å². The van der Waals surface area contributed by atoms with Gasteiger partial charge in [-0.25, -0.2) is 0 Å². The molecule has 0 aromatic carbocycles. The molecule has 0 aliphatic heterocycles. The molecule has 0 saturated heterocycles. The molecule has 0 aliphatic carbocycles. The highest BCUT2D eigenvalue weighted by atomic mass is 16.4. The van der Waals surface area contributed by atoms with E-state index in [0.717, 1.165) is 19.3 Å². The molecule has 19 heavy (non-hydrogen) atoms. The molecule has 3 nitrogen and oxygen atoms in total. The summed E-state index contributed by atoms with van der Waals surface area (Å²) in [7, 11) is 0. The Bertz CT molecular complexity index is 418. The van der Waals surface area contributed by atoms with E-state index in [9.17, 15) is 4.79 Å². The minimum absolute atomic E-state index is 0.173. The van der Waals surface area contributed by atoms with Gasteiger partial charge in [0, 0.05) is 25.9 Å². The number of rotatable bonds is 6. The zero-order valence-electron chi connectivity index (χ0n) is 11.2. The van der Waals surface area contributed by atoms with E-state index in [1.807, 2.05) is 0 Å². The van der Waals surface area contributed by atoms with Crippen molar-refractivity contribution in [2.45, 2.75) is 51.4 Å².